The molecule has 0 aliphatic rings. The molecule has 1 aromatic carbocycles. The first-order valence-corrected chi connectivity index (χ1v) is 8.26. The van der Waals surface area contributed by atoms with Gasteiger partial charge in [0.25, 0.3) is 10.2 Å². The SMILES string of the molecule is CCCN(Cc1cccc(N)c1)S(=O)(=O)N(C)C(C)C. The quantitative estimate of drug-likeness (QED) is 0.784. The average Bonchev–Trinajstić information content (AvgIpc) is 2.37. The summed E-state index contributed by atoms with van der Waals surface area (Å²) in [6.45, 7) is 6.54. The van der Waals surface area contributed by atoms with Gasteiger partial charge in [-0.25, -0.2) is 0 Å². The second-order valence-corrected chi connectivity index (χ2v) is 7.18. The fourth-order valence-corrected chi connectivity index (χ4v) is 3.49. The van der Waals surface area contributed by atoms with Crippen molar-refractivity contribution in [1.82, 2.24) is 8.61 Å². The van der Waals surface area contributed by atoms with E-state index in [1.807, 2.05) is 39.0 Å². The normalized spacial score (nSPS) is 12.6. The van der Waals surface area contributed by atoms with Crippen LogP contribution in [0.2, 0.25) is 0 Å². The second-order valence-electron chi connectivity index (χ2n) is 5.20. The van der Waals surface area contributed by atoms with Crippen LogP contribution in [0.5, 0.6) is 0 Å². The zero-order chi connectivity index (χ0) is 15.3. The van der Waals surface area contributed by atoms with Crippen LogP contribution in [0.3, 0.4) is 0 Å². The lowest BCUT2D eigenvalue weighted by Gasteiger charge is -2.29. The predicted octanol–water partition coefficient (Wildman–Crippen LogP) is 2.07. The first kappa shape index (κ1) is 16.9. The first-order chi connectivity index (χ1) is 9.28. The van der Waals surface area contributed by atoms with Crippen LogP contribution in [0.1, 0.15) is 32.8 Å². The van der Waals surface area contributed by atoms with E-state index in [2.05, 4.69) is 0 Å². The van der Waals surface area contributed by atoms with Gasteiger partial charge in [-0.05, 0) is 38.0 Å². The fraction of sp³-hybridized carbons (Fsp3) is 0.571. The molecular formula is C14H25N3O2S. The highest BCUT2D eigenvalue weighted by atomic mass is 32.2. The number of hydrogen-bond donors (Lipinski definition) is 1. The Balaban J connectivity index is 3.00. The third-order valence-electron chi connectivity index (χ3n) is 3.20. The third kappa shape index (κ3) is 4.19. The molecular weight excluding hydrogens is 274 g/mol. The number of rotatable bonds is 7. The van der Waals surface area contributed by atoms with Crippen LogP contribution < -0.4 is 5.73 Å². The molecule has 0 aromatic heterocycles. The molecule has 0 atom stereocenters. The molecule has 0 radical (unpaired) electrons. The summed E-state index contributed by atoms with van der Waals surface area (Å²) in [5, 5.41) is 0. The van der Waals surface area contributed by atoms with E-state index >= 15 is 0 Å². The van der Waals surface area contributed by atoms with Gasteiger partial charge in [0.2, 0.25) is 0 Å². The molecule has 0 fully saturated rings. The van der Waals surface area contributed by atoms with Crippen LogP contribution in [-0.2, 0) is 16.8 Å². The van der Waals surface area contributed by atoms with Gasteiger partial charge in [0.05, 0.1) is 0 Å². The van der Waals surface area contributed by atoms with Gasteiger partial charge in [-0.2, -0.15) is 17.0 Å². The van der Waals surface area contributed by atoms with Crippen molar-refractivity contribution in [3.63, 3.8) is 0 Å². The Morgan fingerprint density at radius 2 is 1.95 bits per heavy atom. The van der Waals surface area contributed by atoms with E-state index < -0.39 is 10.2 Å². The van der Waals surface area contributed by atoms with Crippen molar-refractivity contribution in [1.29, 1.82) is 0 Å². The zero-order valence-electron chi connectivity index (χ0n) is 12.7. The van der Waals surface area contributed by atoms with Crippen LogP contribution in [0.4, 0.5) is 5.69 Å². The molecule has 0 saturated heterocycles. The van der Waals surface area contributed by atoms with Crippen LogP contribution in [-0.4, -0.2) is 36.7 Å². The summed E-state index contributed by atoms with van der Waals surface area (Å²) in [6.07, 6.45) is 0.771. The van der Waals surface area contributed by atoms with Crippen molar-refractivity contribution in [3.8, 4) is 0 Å². The molecule has 0 spiro atoms. The number of anilines is 1. The Morgan fingerprint density at radius 1 is 1.30 bits per heavy atom. The summed E-state index contributed by atoms with van der Waals surface area (Å²) in [4.78, 5) is 0. The Hall–Kier alpha value is -1.11. The summed E-state index contributed by atoms with van der Waals surface area (Å²) in [7, 11) is -1.83. The minimum absolute atomic E-state index is 0.0693. The van der Waals surface area contributed by atoms with Gasteiger partial charge < -0.3 is 5.73 Å². The summed E-state index contributed by atoms with van der Waals surface area (Å²) in [5.41, 5.74) is 7.30. The number of nitrogens with two attached hydrogens (primary N) is 1. The second kappa shape index (κ2) is 7.06. The summed E-state index contributed by atoms with van der Waals surface area (Å²) >= 11 is 0. The van der Waals surface area contributed by atoms with E-state index in [0.717, 1.165) is 12.0 Å². The molecule has 1 aromatic rings. The number of nitrogen functional groups attached to an aromatic ring is 1. The maximum atomic E-state index is 12.6. The summed E-state index contributed by atoms with van der Waals surface area (Å²) in [6, 6.07) is 7.27. The number of benzene rings is 1. The van der Waals surface area contributed by atoms with E-state index in [1.54, 1.807) is 13.1 Å². The van der Waals surface area contributed by atoms with E-state index in [9.17, 15) is 8.42 Å². The van der Waals surface area contributed by atoms with Crippen molar-refractivity contribution < 1.29 is 8.42 Å². The van der Waals surface area contributed by atoms with Crippen LogP contribution >= 0.6 is 0 Å². The standard InChI is InChI=1S/C14H25N3O2S/c1-5-9-17(20(18,19)16(4)12(2)3)11-13-7-6-8-14(15)10-13/h6-8,10,12H,5,9,11,15H2,1-4H3. The highest BCUT2D eigenvalue weighted by Crippen LogP contribution is 2.16. The maximum Gasteiger partial charge on any atom is 0.282 e. The van der Waals surface area contributed by atoms with E-state index in [0.29, 0.717) is 18.8 Å². The van der Waals surface area contributed by atoms with Gasteiger partial charge in [0, 0.05) is 31.9 Å². The fourth-order valence-electron chi connectivity index (χ4n) is 1.87. The third-order valence-corrected chi connectivity index (χ3v) is 5.31. The van der Waals surface area contributed by atoms with Crippen LogP contribution in [0.15, 0.2) is 24.3 Å². The lowest BCUT2D eigenvalue weighted by Crippen LogP contribution is -2.44. The van der Waals surface area contributed by atoms with Gasteiger partial charge in [0.15, 0.2) is 0 Å². The van der Waals surface area contributed by atoms with Crippen molar-refractivity contribution >= 4 is 15.9 Å². The van der Waals surface area contributed by atoms with Gasteiger partial charge in [-0.15, -0.1) is 0 Å². The topological polar surface area (TPSA) is 66.6 Å². The van der Waals surface area contributed by atoms with Gasteiger partial charge in [-0.1, -0.05) is 19.1 Å². The number of hydrogen-bond acceptors (Lipinski definition) is 3. The van der Waals surface area contributed by atoms with Crippen LogP contribution in [0, 0.1) is 0 Å². The van der Waals surface area contributed by atoms with Gasteiger partial charge in [-0.3, -0.25) is 0 Å². The van der Waals surface area contributed by atoms with Gasteiger partial charge >= 0.3 is 0 Å². The number of nitrogens with zero attached hydrogens (tertiary/aromatic N) is 2. The Morgan fingerprint density at radius 3 is 2.45 bits per heavy atom. The van der Waals surface area contributed by atoms with Crippen molar-refractivity contribution in [3.05, 3.63) is 29.8 Å². The van der Waals surface area contributed by atoms with Gasteiger partial charge in [0.1, 0.15) is 0 Å². The van der Waals surface area contributed by atoms with E-state index in [-0.39, 0.29) is 6.04 Å². The molecule has 1 rings (SSSR count). The molecule has 6 heteroatoms. The lowest BCUT2D eigenvalue weighted by molar-refractivity contribution is 0.330. The van der Waals surface area contributed by atoms with E-state index in [4.69, 9.17) is 5.73 Å². The molecule has 0 saturated carbocycles. The first-order valence-electron chi connectivity index (χ1n) is 6.86. The Bertz CT molecular complexity index is 529. The summed E-state index contributed by atoms with van der Waals surface area (Å²) < 4.78 is 28.0. The minimum atomic E-state index is -3.45. The smallest absolute Gasteiger partial charge is 0.282 e. The highest BCUT2D eigenvalue weighted by molar-refractivity contribution is 7.86. The minimum Gasteiger partial charge on any atom is -0.399 e. The molecule has 0 bridgehead atoms. The Kier molecular flexibility index (Phi) is 5.98. The predicted molar refractivity (Wildman–Crippen MR) is 83.4 cm³/mol. The van der Waals surface area contributed by atoms with Crippen LogP contribution in [0.25, 0.3) is 0 Å². The van der Waals surface area contributed by atoms with Crippen molar-refractivity contribution in [2.75, 3.05) is 19.3 Å². The molecule has 2 N–H and O–H groups in total. The monoisotopic (exact) mass is 299 g/mol. The molecule has 0 amide bonds. The van der Waals surface area contributed by atoms with E-state index in [1.165, 1.54) is 8.61 Å². The molecule has 0 aliphatic heterocycles. The molecule has 0 aliphatic carbocycles. The molecule has 20 heavy (non-hydrogen) atoms. The largest absolute Gasteiger partial charge is 0.399 e. The molecule has 0 heterocycles. The lowest BCUT2D eigenvalue weighted by atomic mass is 10.2. The average molecular weight is 299 g/mol. The molecule has 114 valence electrons. The zero-order valence-corrected chi connectivity index (χ0v) is 13.5. The Labute approximate surface area is 122 Å². The van der Waals surface area contributed by atoms with Crippen molar-refractivity contribution in [2.24, 2.45) is 0 Å². The molecule has 5 nitrogen and oxygen atoms in total. The summed E-state index contributed by atoms with van der Waals surface area (Å²) in [5.74, 6) is 0. The molecule has 0 unspecified atom stereocenters. The maximum absolute atomic E-state index is 12.6. The highest BCUT2D eigenvalue weighted by Gasteiger charge is 2.28. The van der Waals surface area contributed by atoms with Crippen molar-refractivity contribution in [2.45, 2.75) is 39.8 Å².